The molecule has 1 amide bonds. The molecule has 10 heteroatoms. The molecule has 0 saturated carbocycles. The Morgan fingerprint density at radius 3 is 2.63 bits per heavy atom. The van der Waals surface area contributed by atoms with E-state index in [9.17, 15) is 15.5 Å². The summed E-state index contributed by atoms with van der Waals surface area (Å²) < 4.78 is 5.54. The van der Waals surface area contributed by atoms with Crippen molar-refractivity contribution >= 4 is 29.3 Å². The van der Waals surface area contributed by atoms with Gasteiger partial charge in [-0.15, -0.1) is 0 Å². The fourth-order valence-corrected chi connectivity index (χ4v) is 5.84. The number of hydrogen-bond donors (Lipinski definition) is 2. The fraction of sp³-hybridized carbons (Fsp3) is 0.571. The third-order valence-corrected chi connectivity index (χ3v) is 8.30. The molecule has 4 aliphatic rings. The van der Waals surface area contributed by atoms with Crippen molar-refractivity contribution < 1.29 is 9.53 Å². The van der Waals surface area contributed by atoms with E-state index in [0.29, 0.717) is 43.5 Å². The Morgan fingerprint density at radius 2 is 1.97 bits per heavy atom. The van der Waals surface area contributed by atoms with E-state index >= 15 is 0 Å². The summed E-state index contributed by atoms with van der Waals surface area (Å²) >= 11 is 0. The zero-order valence-electron chi connectivity index (χ0n) is 22.8. The molecule has 1 fully saturated rings. The molecule has 0 spiro atoms. The largest absolute Gasteiger partial charge is 0.385 e. The summed E-state index contributed by atoms with van der Waals surface area (Å²) in [5, 5.41) is 29.5. The molecule has 10 nitrogen and oxygen atoms in total. The van der Waals surface area contributed by atoms with E-state index in [4.69, 9.17) is 4.74 Å². The molecule has 2 atom stereocenters. The molecule has 1 saturated heterocycles. The van der Waals surface area contributed by atoms with Crippen molar-refractivity contribution in [1.29, 1.82) is 10.7 Å². The van der Waals surface area contributed by atoms with Crippen LogP contribution in [0.3, 0.4) is 0 Å². The second-order valence-corrected chi connectivity index (χ2v) is 10.8. The third kappa shape index (κ3) is 4.95. The summed E-state index contributed by atoms with van der Waals surface area (Å²) in [6.45, 7) is 7.63. The van der Waals surface area contributed by atoms with Crippen LogP contribution in [0.4, 0.5) is 11.4 Å². The lowest BCUT2D eigenvalue weighted by atomic mass is 9.92. The molecular formula is C28H38N8O2. The van der Waals surface area contributed by atoms with E-state index in [1.807, 2.05) is 34.1 Å². The standard InChI is InChI=1S/C28H38N8O2/c1-18-15-36(27-11-20(13-29)23(12-26(27)34(18)4)21-14-31-33(3)16-21)28(30)24-17-35(19(2)37)8-5-25(24)32-22-6-9-38-10-7-22/h11-12,14,18,21-22,30,32H,5-10,15-17H2,1-4H3/t18-,21?/m0/s1. The molecule has 1 aromatic carbocycles. The van der Waals surface area contributed by atoms with Crippen LogP contribution in [0.25, 0.3) is 0 Å². The highest BCUT2D eigenvalue weighted by atomic mass is 16.5. The molecule has 38 heavy (non-hydrogen) atoms. The maximum absolute atomic E-state index is 12.3. The van der Waals surface area contributed by atoms with E-state index in [1.165, 1.54) is 0 Å². The number of nitrogens with zero attached hydrogens (tertiary/aromatic N) is 6. The summed E-state index contributed by atoms with van der Waals surface area (Å²) in [6, 6.07) is 6.91. The van der Waals surface area contributed by atoms with E-state index < -0.39 is 0 Å². The quantitative estimate of drug-likeness (QED) is 0.465. The van der Waals surface area contributed by atoms with Crippen LogP contribution in [0, 0.1) is 16.7 Å². The van der Waals surface area contributed by atoms with Gasteiger partial charge in [0.1, 0.15) is 5.84 Å². The molecule has 4 aliphatic heterocycles. The van der Waals surface area contributed by atoms with E-state index in [2.05, 4.69) is 41.4 Å². The molecule has 4 heterocycles. The van der Waals surface area contributed by atoms with Crippen molar-refractivity contribution in [2.24, 2.45) is 5.10 Å². The average Bonchev–Trinajstić information content (AvgIpc) is 3.36. The molecule has 5 rings (SSSR count). The van der Waals surface area contributed by atoms with Crippen molar-refractivity contribution in [1.82, 2.24) is 15.2 Å². The van der Waals surface area contributed by atoms with Crippen LogP contribution in [0.15, 0.2) is 28.5 Å². The van der Waals surface area contributed by atoms with Crippen LogP contribution in [-0.4, -0.2) is 93.4 Å². The number of amides is 1. The van der Waals surface area contributed by atoms with Gasteiger partial charge < -0.3 is 24.8 Å². The lowest BCUT2D eigenvalue weighted by molar-refractivity contribution is -0.128. The van der Waals surface area contributed by atoms with Gasteiger partial charge in [0, 0.05) is 95.8 Å². The molecule has 0 bridgehead atoms. The second-order valence-electron chi connectivity index (χ2n) is 10.8. The highest BCUT2D eigenvalue weighted by molar-refractivity contribution is 6.11. The molecule has 202 valence electrons. The molecular weight excluding hydrogens is 480 g/mol. The minimum atomic E-state index is 0.0205. The normalized spacial score (nSPS) is 24.0. The smallest absolute Gasteiger partial charge is 0.219 e. The number of hydrogen-bond acceptors (Lipinski definition) is 8. The Bertz CT molecular complexity index is 1210. The summed E-state index contributed by atoms with van der Waals surface area (Å²) in [5.41, 5.74) is 5.34. The van der Waals surface area contributed by atoms with Crippen LogP contribution < -0.4 is 15.1 Å². The molecule has 0 aromatic heterocycles. The van der Waals surface area contributed by atoms with Gasteiger partial charge in [-0.25, -0.2) is 0 Å². The van der Waals surface area contributed by atoms with E-state index in [-0.39, 0.29) is 17.9 Å². The van der Waals surface area contributed by atoms with Crippen LogP contribution in [0.5, 0.6) is 0 Å². The predicted molar refractivity (Wildman–Crippen MR) is 149 cm³/mol. The monoisotopic (exact) mass is 518 g/mol. The predicted octanol–water partition coefficient (Wildman–Crippen LogP) is 2.47. The topological polar surface area (TPSA) is 111 Å². The van der Waals surface area contributed by atoms with Crippen molar-refractivity contribution in [3.8, 4) is 6.07 Å². The number of benzene rings is 1. The lowest BCUT2D eigenvalue weighted by Gasteiger charge is -2.43. The average molecular weight is 519 g/mol. The number of hydrazone groups is 1. The molecule has 1 unspecified atom stereocenters. The van der Waals surface area contributed by atoms with Crippen LogP contribution in [0.2, 0.25) is 0 Å². The van der Waals surface area contributed by atoms with Gasteiger partial charge in [-0.05, 0) is 37.5 Å². The van der Waals surface area contributed by atoms with Gasteiger partial charge in [0.05, 0.1) is 29.6 Å². The SMILES string of the molecule is CC(=O)N1CCC(NC2CCOCC2)=C(C(=N)N2C[C@H](C)N(C)c3cc(C4C=NN(C)C4)c(C#N)cc32)C1. The van der Waals surface area contributed by atoms with Crippen molar-refractivity contribution in [3.05, 3.63) is 34.5 Å². The number of amidine groups is 1. The van der Waals surface area contributed by atoms with Gasteiger partial charge >= 0.3 is 0 Å². The summed E-state index contributed by atoms with van der Waals surface area (Å²) in [5.74, 6) is 0.469. The van der Waals surface area contributed by atoms with Crippen LogP contribution >= 0.6 is 0 Å². The minimum Gasteiger partial charge on any atom is -0.385 e. The molecule has 1 aromatic rings. The van der Waals surface area contributed by atoms with Gasteiger partial charge in [-0.1, -0.05) is 0 Å². The first-order valence-corrected chi connectivity index (χ1v) is 13.5. The fourth-order valence-electron chi connectivity index (χ4n) is 5.84. The molecule has 2 N–H and O–H groups in total. The highest BCUT2D eigenvalue weighted by Crippen LogP contribution is 2.40. The van der Waals surface area contributed by atoms with Gasteiger partial charge in [0.15, 0.2) is 0 Å². The van der Waals surface area contributed by atoms with Crippen molar-refractivity contribution in [2.75, 3.05) is 63.3 Å². The number of carbonyl (C=O) groups is 1. The van der Waals surface area contributed by atoms with Crippen LogP contribution in [-0.2, 0) is 9.53 Å². The minimum absolute atomic E-state index is 0.0205. The maximum atomic E-state index is 12.3. The first-order valence-electron chi connectivity index (χ1n) is 13.5. The van der Waals surface area contributed by atoms with Crippen LogP contribution in [0.1, 0.15) is 50.2 Å². The first kappa shape index (κ1) is 26.0. The number of likely N-dealkylation sites (N-methyl/N-ethyl adjacent to an activating group) is 2. The third-order valence-electron chi connectivity index (χ3n) is 8.30. The van der Waals surface area contributed by atoms with Crippen molar-refractivity contribution in [2.45, 2.75) is 51.1 Å². The molecule has 0 aliphatic carbocycles. The van der Waals surface area contributed by atoms with E-state index in [0.717, 1.165) is 60.8 Å². The highest BCUT2D eigenvalue weighted by Gasteiger charge is 2.35. The van der Waals surface area contributed by atoms with Gasteiger partial charge in [-0.2, -0.15) is 10.4 Å². The number of fused-ring (bicyclic) bond motifs is 1. The number of nitriles is 1. The maximum Gasteiger partial charge on any atom is 0.219 e. The lowest BCUT2D eigenvalue weighted by Crippen LogP contribution is -2.51. The van der Waals surface area contributed by atoms with E-state index in [1.54, 1.807) is 6.92 Å². The zero-order valence-corrected chi connectivity index (χ0v) is 22.8. The number of carbonyl (C=O) groups excluding carboxylic acids is 1. The number of anilines is 2. The summed E-state index contributed by atoms with van der Waals surface area (Å²) in [4.78, 5) is 18.4. The Kier molecular flexibility index (Phi) is 7.30. The van der Waals surface area contributed by atoms with Crippen molar-refractivity contribution in [3.63, 3.8) is 0 Å². The number of nitrogens with one attached hydrogen (secondary N) is 2. The van der Waals surface area contributed by atoms with Gasteiger partial charge in [0.25, 0.3) is 0 Å². The summed E-state index contributed by atoms with van der Waals surface area (Å²) in [7, 11) is 4.01. The first-order chi connectivity index (χ1) is 18.3. The Labute approximate surface area is 225 Å². The Balaban J connectivity index is 1.53. The molecule has 0 radical (unpaired) electrons. The summed E-state index contributed by atoms with van der Waals surface area (Å²) in [6.07, 6.45) is 4.47. The number of ether oxygens (including phenoxy) is 1. The van der Waals surface area contributed by atoms with Gasteiger partial charge in [0.2, 0.25) is 5.91 Å². The number of rotatable bonds is 4. The Hall–Kier alpha value is -3.58. The van der Waals surface area contributed by atoms with Gasteiger partial charge in [-0.3, -0.25) is 15.2 Å². The Morgan fingerprint density at radius 1 is 1.21 bits per heavy atom. The zero-order chi connectivity index (χ0) is 27.0. The second kappa shape index (κ2) is 10.7.